The average molecular weight is 326 g/mol. The van der Waals surface area contributed by atoms with Crippen LogP contribution in [0.4, 0.5) is 11.5 Å². The van der Waals surface area contributed by atoms with Crippen molar-refractivity contribution in [2.45, 2.75) is 33.2 Å². The van der Waals surface area contributed by atoms with E-state index < -0.39 is 0 Å². The smallest absolute Gasteiger partial charge is 0.154 e. The normalized spacial score (nSPS) is 17.0. The van der Waals surface area contributed by atoms with Gasteiger partial charge in [0, 0.05) is 19.6 Å². The first-order valence-corrected chi connectivity index (χ1v) is 8.38. The highest BCUT2D eigenvalue weighted by Gasteiger charge is 2.36. The van der Waals surface area contributed by atoms with Crippen LogP contribution >= 0.6 is 0 Å². The van der Waals surface area contributed by atoms with Gasteiger partial charge >= 0.3 is 0 Å². The largest absolute Gasteiger partial charge is 0.495 e. The monoisotopic (exact) mass is 326 g/mol. The van der Waals surface area contributed by atoms with Crippen molar-refractivity contribution in [3.05, 3.63) is 41.6 Å². The lowest BCUT2D eigenvalue weighted by molar-refractivity contribution is 0.387. The highest BCUT2D eigenvalue weighted by molar-refractivity contribution is 5.62. The van der Waals surface area contributed by atoms with Gasteiger partial charge in [-0.25, -0.2) is 0 Å². The molecule has 0 bridgehead atoms. The zero-order chi connectivity index (χ0) is 17.3. The van der Waals surface area contributed by atoms with Gasteiger partial charge in [-0.2, -0.15) is 5.10 Å². The summed E-state index contributed by atoms with van der Waals surface area (Å²) in [4.78, 5) is 4.78. The number of methoxy groups -OCH3 is 1. The molecule has 1 aliphatic rings. The molecule has 3 rings (SSSR count). The van der Waals surface area contributed by atoms with Crippen LogP contribution in [0.15, 0.2) is 30.5 Å². The molecule has 1 saturated heterocycles. The number of aryl methyl sites for hydroxylation is 1. The minimum absolute atomic E-state index is 0.0370. The Morgan fingerprint density at radius 3 is 2.58 bits per heavy atom. The Kier molecular flexibility index (Phi) is 4.35. The lowest BCUT2D eigenvalue weighted by Crippen LogP contribution is -2.60. The zero-order valence-electron chi connectivity index (χ0n) is 15.2. The number of piperazine rings is 1. The Labute approximate surface area is 144 Å². The molecule has 5 heteroatoms. The van der Waals surface area contributed by atoms with Crippen LogP contribution in [0.1, 0.15) is 25.0 Å². The van der Waals surface area contributed by atoms with E-state index in [2.05, 4.69) is 59.8 Å². The van der Waals surface area contributed by atoms with Crippen LogP contribution < -0.4 is 14.5 Å². The molecule has 2 aromatic rings. The van der Waals surface area contributed by atoms with E-state index in [-0.39, 0.29) is 5.54 Å². The fraction of sp³-hybridized carbons (Fsp3) is 0.474. The van der Waals surface area contributed by atoms with Crippen LogP contribution in [0.25, 0.3) is 0 Å². The van der Waals surface area contributed by atoms with E-state index in [1.807, 2.05) is 18.3 Å². The molecule has 0 spiro atoms. The van der Waals surface area contributed by atoms with E-state index in [0.717, 1.165) is 36.9 Å². The van der Waals surface area contributed by atoms with Gasteiger partial charge in [-0.1, -0.05) is 12.1 Å². The number of rotatable bonds is 3. The van der Waals surface area contributed by atoms with Gasteiger partial charge in [0.25, 0.3) is 0 Å². The zero-order valence-corrected chi connectivity index (χ0v) is 15.2. The molecule has 1 fully saturated rings. The number of benzene rings is 1. The summed E-state index contributed by atoms with van der Waals surface area (Å²) < 4.78 is 5.56. The second-order valence-electron chi connectivity index (χ2n) is 7.03. The first-order chi connectivity index (χ1) is 11.4. The molecule has 0 saturated carbocycles. The third kappa shape index (κ3) is 2.90. The lowest BCUT2D eigenvalue weighted by Gasteiger charge is -2.49. The Morgan fingerprint density at radius 2 is 1.88 bits per heavy atom. The van der Waals surface area contributed by atoms with Crippen LogP contribution in [0.3, 0.4) is 0 Å². The predicted molar refractivity (Wildman–Crippen MR) is 98.1 cm³/mol. The molecular weight excluding hydrogens is 300 g/mol. The van der Waals surface area contributed by atoms with Crippen LogP contribution in [0.5, 0.6) is 5.75 Å². The maximum Gasteiger partial charge on any atom is 0.154 e. The molecule has 128 valence electrons. The minimum Gasteiger partial charge on any atom is -0.495 e. The van der Waals surface area contributed by atoms with Gasteiger partial charge in [-0.15, -0.1) is 5.10 Å². The van der Waals surface area contributed by atoms with Gasteiger partial charge in [0.05, 0.1) is 24.5 Å². The molecule has 1 aromatic carbocycles. The summed E-state index contributed by atoms with van der Waals surface area (Å²) in [6.45, 7) is 11.5. The van der Waals surface area contributed by atoms with E-state index in [9.17, 15) is 0 Å². The Morgan fingerprint density at radius 1 is 1.12 bits per heavy atom. The van der Waals surface area contributed by atoms with Crippen molar-refractivity contribution in [3.8, 4) is 5.75 Å². The summed E-state index contributed by atoms with van der Waals surface area (Å²) in [5.41, 5.74) is 3.51. The summed E-state index contributed by atoms with van der Waals surface area (Å²) >= 11 is 0. The van der Waals surface area contributed by atoms with Gasteiger partial charge in [-0.05, 0) is 51.0 Å². The molecule has 0 unspecified atom stereocenters. The van der Waals surface area contributed by atoms with Gasteiger partial charge < -0.3 is 14.5 Å². The van der Waals surface area contributed by atoms with E-state index in [1.165, 1.54) is 11.1 Å². The number of hydrogen-bond acceptors (Lipinski definition) is 5. The maximum absolute atomic E-state index is 5.56. The van der Waals surface area contributed by atoms with Crippen molar-refractivity contribution in [2.75, 3.05) is 36.5 Å². The third-order valence-corrected chi connectivity index (χ3v) is 4.91. The topological polar surface area (TPSA) is 41.5 Å². The van der Waals surface area contributed by atoms with Crippen LogP contribution in [-0.2, 0) is 0 Å². The van der Waals surface area contributed by atoms with Crippen molar-refractivity contribution in [1.29, 1.82) is 0 Å². The number of ether oxygens (including phenoxy) is 1. The van der Waals surface area contributed by atoms with Gasteiger partial charge in [0.15, 0.2) is 5.82 Å². The Bertz CT molecular complexity index is 729. The molecule has 0 atom stereocenters. The Balaban J connectivity index is 1.89. The van der Waals surface area contributed by atoms with E-state index in [4.69, 9.17) is 4.74 Å². The fourth-order valence-corrected chi connectivity index (χ4v) is 3.45. The van der Waals surface area contributed by atoms with Crippen molar-refractivity contribution in [2.24, 2.45) is 0 Å². The van der Waals surface area contributed by atoms with Crippen molar-refractivity contribution in [3.63, 3.8) is 0 Å². The predicted octanol–water partition coefficient (Wildman–Crippen LogP) is 3.21. The molecule has 0 radical (unpaired) electrons. The summed E-state index contributed by atoms with van der Waals surface area (Å²) in [5.74, 6) is 1.92. The van der Waals surface area contributed by atoms with Crippen molar-refractivity contribution >= 4 is 11.5 Å². The van der Waals surface area contributed by atoms with E-state index >= 15 is 0 Å². The molecule has 0 amide bonds. The van der Waals surface area contributed by atoms with Gasteiger partial charge in [-0.3, -0.25) is 0 Å². The standard InChI is InChI=1S/C19H26N4O/c1-14-12-20-21-18(15(14)2)22-10-11-23(19(3,4)13-22)16-8-6-7-9-17(16)24-5/h6-9,12H,10-11,13H2,1-5H3. The summed E-state index contributed by atoms with van der Waals surface area (Å²) in [5, 5.41) is 8.54. The summed E-state index contributed by atoms with van der Waals surface area (Å²) in [7, 11) is 1.73. The van der Waals surface area contributed by atoms with Crippen molar-refractivity contribution < 1.29 is 4.74 Å². The molecule has 5 nitrogen and oxygen atoms in total. The quantitative estimate of drug-likeness (QED) is 0.866. The first kappa shape index (κ1) is 16.6. The number of anilines is 2. The van der Waals surface area contributed by atoms with E-state index in [1.54, 1.807) is 7.11 Å². The van der Waals surface area contributed by atoms with Gasteiger partial charge in [0.1, 0.15) is 5.75 Å². The Hall–Kier alpha value is -2.30. The average Bonchev–Trinajstić information content (AvgIpc) is 2.56. The van der Waals surface area contributed by atoms with Crippen molar-refractivity contribution in [1.82, 2.24) is 10.2 Å². The minimum atomic E-state index is -0.0370. The number of hydrogen-bond donors (Lipinski definition) is 0. The second-order valence-corrected chi connectivity index (χ2v) is 7.03. The molecule has 0 N–H and O–H groups in total. The SMILES string of the molecule is COc1ccccc1N1CCN(c2nncc(C)c2C)CC1(C)C. The third-order valence-electron chi connectivity index (χ3n) is 4.91. The lowest BCUT2D eigenvalue weighted by atomic mass is 9.97. The van der Waals surface area contributed by atoms with E-state index in [0.29, 0.717) is 0 Å². The summed E-state index contributed by atoms with van der Waals surface area (Å²) in [6, 6.07) is 8.23. The fourth-order valence-electron chi connectivity index (χ4n) is 3.45. The first-order valence-electron chi connectivity index (χ1n) is 8.38. The number of nitrogens with zero attached hydrogens (tertiary/aromatic N) is 4. The highest BCUT2D eigenvalue weighted by atomic mass is 16.5. The molecule has 0 aliphatic carbocycles. The summed E-state index contributed by atoms with van der Waals surface area (Å²) in [6.07, 6.45) is 1.83. The second kappa shape index (κ2) is 6.30. The molecule has 1 aliphatic heterocycles. The molecule has 2 heterocycles. The number of aromatic nitrogens is 2. The molecule has 24 heavy (non-hydrogen) atoms. The molecule has 1 aromatic heterocycles. The molecular formula is C19H26N4O. The highest BCUT2D eigenvalue weighted by Crippen LogP contribution is 2.36. The van der Waals surface area contributed by atoms with Crippen LogP contribution in [0.2, 0.25) is 0 Å². The maximum atomic E-state index is 5.56. The van der Waals surface area contributed by atoms with Crippen LogP contribution in [-0.4, -0.2) is 42.5 Å². The van der Waals surface area contributed by atoms with Gasteiger partial charge in [0.2, 0.25) is 0 Å². The van der Waals surface area contributed by atoms with Crippen LogP contribution in [0, 0.1) is 13.8 Å². The number of para-hydroxylation sites is 2.